The van der Waals surface area contributed by atoms with Crippen LogP contribution in [0, 0.1) is 13.8 Å². The predicted octanol–water partition coefficient (Wildman–Crippen LogP) is 2.06. The average Bonchev–Trinajstić information content (AvgIpc) is 2.75. The lowest BCUT2D eigenvalue weighted by atomic mass is 10.1. The normalized spacial score (nSPS) is 22.1. The maximum Gasteiger partial charge on any atom is 0.226 e. The minimum atomic E-state index is -0.732. The summed E-state index contributed by atoms with van der Waals surface area (Å²) in [7, 11) is 0. The summed E-state index contributed by atoms with van der Waals surface area (Å²) >= 11 is 0. The molecule has 0 radical (unpaired) electrons. The molecule has 4 heteroatoms. The molecule has 1 aromatic rings. The van der Waals surface area contributed by atoms with Crippen molar-refractivity contribution in [2.45, 2.75) is 39.2 Å². The Kier molecular flexibility index (Phi) is 4.33. The van der Waals surface area contributed by atoms with Crippen molar-refractivity contribution in [3.63, 3.8) is 0 Å². The lowest BCUT2D eigenvalue weighted by Gasteiger charge is -2.19. The Hall–Kier alpha value is -1.55. The molecule has 2 rings (SSSR count). The number of carbonyl (C=O) groups excluding carboxylic acids is 1. The summed E-state index contributed by atoms with van der Waals surface area (Å²) in [4.78, 5) is 13.7. The number of nitrogens with zero attached hydrogens (tertiary/aromatic N) is 1. The molecule has 20 heavy (non-hydrogen) atoms. The number of likely N-dealkylation sites (tertiary alicyclic amines) is 1. The molecule has 1 amide bonds. The van der Waals surface area contributed by atoms with Gasteiger partial charge in [-0.25, -0.2) is 0 Å². The average molecular weight is 277 g/mol. The third-order valence-corrected chi connectivity index (χ3v) is 3.93. The van der Waals surface area contributed by atoms with E-state index in [1.165, 1.54) is 5.56 Å². The van der Waals surface area contributed by atoms with Gasteiger partial charge < -0.3 is 14.7 Å². The van der Waals surface area contributed by atoms with Gasteiger partial charge >= 0.3 is 0 Å². The van der Waals surface area contributed by atoms with Crippen LogP contribution in [0.25, 0.3) is 0 Å². The van der Waals surface area contributed by atoms with Gasteiger partial charge in [0.2, 0.25) is 5.91 Å². The van der Waals surface area contributed by atoms with Crippen LogP contribution in [-0.4, -0.2) is 41.2 Å². The van der Waals surface area contributed by atoms with Crippen molar-refractivity contribution in [3.8, 4) is 5.75 Å². The van der Waals surface area contributed by atoms with Crippen molar-refractivity contribution < 1.29 is 14.6 Å². The molecule has 0 bridgehead atoms. The third kappa shape index (κ3) is 3.51. The van der Waals surface area contributed by atoms with Crippen molar-refractivity contribution in [3.05, 3.63) is 29.3 Å². The zero-order chi connectivity index (χ0) is 14.8. The molecule has 1 aliphatic heterocycles. The number of hydrogen-bond acceptors (Lipinski definition) is 3. The molecule has 1 saturated heterocycles. The molecule has 1 unspecified atom stereocenters. The Balaban J connectivity index is 1.81. The SMILES string of the molecule is Cc1cccc(OCCC(=O)N2CCC(C)(O)C2)c1C. The number of aliphatic hydroxyl groups is 1. The number of rotatable bonds is 4. The minimum Gasteiger partial charge on any atom is -0.493 e. The molecular formula is C16H23NO3. The molecule has 110 valence electrons. The van der Waals surface area contributed by atoms with E-state index < -0.39 is 5.60 Å². The third-order valence-electron chi connectivity index (χ3n) is 3.93. The highest BCUT2D eigenvalue weighted by Crippen LogP contribution is 2.22. The first-order valence-electron chi connectivity index (χ1n) is 7.08. The fourth-order valence-corrected chi connectivity index (χ4v) is 2.44. The van der Waals surface area contributed by atoms with E-state index in [1.807, 2.05) is 32.0 Å². The molecule has 0 aliphatic carbocycles. The summed E-state index contributed by atoms with van der Waals surface area (Å²) in [5.41, 5.74) is 1.57. The second-order valence-electron chi connectivity index (χ2n) is 5.86. The van der Waals surface area contributed by atoms with E-state index in [1.54, 1.807) is 11.8 Å². The van der Waals surface area contributed by atoms with Gasteiger partial charge in [-0.05, 0) is 44.4 Å². The maximum atomic E-state index is 12.0. The Morgan fingerprint density at radius 1 is 1.45 bits per heavy atom. The molecule has 1 aliphatic rings. The van der Waals surface area contributed by atoms with Gasteiger partial charge in [0, 0.05) is 13.1 Å². The summed E-state index contributed by atoms with van der Waals surface area (Å²) in [5.74, 6) is 0.888. The molecule has 0 saturated carbocycles. The quantitative estimate of drug-likeness (QED) is 0.916. The van der Waals surface area contributed by atoms with Gasteiger partial charge in [-0.1, -0.05) is 12.1 Å². The van der Waals surface area contributed by atoms with E-state index in [2.05, 4.69) is 0 Å². The number of ether oxygens (including phenoxy) is 1. The van der Waals surface area contributed by atoms with Crippen LogP contribution in [0.4, 0.5) is 0 Å². The van der Waals surface area contributed by atoms with Crippen molar-refractivity contribution in [2.75, 3.05) is 19.7 Å². The van der Waals surface area contributed by atoms with Gasteiger partial charge in [0.15, 0.2) is 0 Å². The summed E-state index contributed by atoms with van der Waals surface area (Å²) in [6.45, 7) is 7.27. The second kappa shape index (κ2) is 5.83. The van der Waals surface area contributed by atoms with Gasteiger partial charge in [-0.2, -0.15) is 0 Å². The first kappa shape index (κ1) is 14.9. The van der Waals surface area contributed by atoms with Gasteiger partial charge in [-0.15, -0.1) is 0 Å². The van der Waals surface area contributed by atoms with Gasteiger partial charge in [0.05, 0.1) is 18.6 Å². The highest BCUT2D eigenvalue weighted by molar-refractivity contribution is 5.76. The highest BCUT2D eigenvalue weighted by Gasteiger charge is 2.33. The molecule has 1 heterocycles. The fourth-order valence-electron chi connectivity index (χ4n) is 2.44. The van der Waals surface area contributed by atoms with Crippen LogP contribution in [-0.2, 0) is 4.79 Å². The van der Waals surface area contributed by atoms with Gasteiger partial charge in [0.25, 0.3) is 0 Å². The standard InChI is InChI=1S/C16H23NO3/c1-12-5-4-6-14(13(12)2)20-10-7-15(18)17-9-8-16(3,19)11-17/h4-6,19H,7-11H2,1-3H3. The molecular weight excluding hydrogens is 254 g/mol. The summed E-state index contributed by atoms with van der Waals surface area (Å²) in [6.07, 6.45) is 1.00. The first-order valence-corrected chi connectivity index (χ1v) is 7.08. The second-order valence-corrected chi connectivity index (χ2v) is 5.86. The Morgan fingerprint density at radius 3 is 2.85 bits per heavy atom. The first-order chi connectivity index (χ1) is 9.39. The molecule has 1 fully saturated rings. The number of amides is 1. The summed E-state index contributed by atoms with van der Waals surface area (Å²) in [6, 6.07) is 5.92. The van der Waals surface area contributed by atoms with E-state index in [9.17, 15) is 9.90 Å². The van der Waals surface area contributed by atoms with Crippen LogP contribution in [0.1, 0.15) is 30.9 Å². The van der Waals surface area contributed by atoms with E-state index in [0.717, 1.165) is 11.3 Å². The van der Waals surface area contributed by atoms with E-state index >= 15 is 0 Å². The van der Waals surface area contributed by atoms with Gasteiger partial charge in [0.1, 0.15) is 5.75 Å². The maximum absolute atomic E-state index is 12.0. The topological polar surface area (TPSA) is 49.8 Å². The number of aryl methyl sites for hydroxylation is 1. The van der Waals surface area contributed by atoms with Crippen LogP contribution in [0.5, 0.6) is 5.75 Å². The Morgan fingerprint density at radius 2 is 2.20 bits per heavy atom. The fraction of sp³-hybridized carbons (Fsp3) is 0.562. The smallest absolute Gasteiger partial charge is 0.226 e. The van der Waals surface area contributed by atoms with Crippen LogP contribution >= 0.6 is 0 Å². The number of β-amino-alcohol motifs (C(OH)–C–C–N with tert-alkyl or cyclic N) is 1. The summed E-state index contributed by atoms with van der Waals surface area (Å²) < 4.78 is 5.69. The van der Waals surface area contributed by atoms with Crippen LogP contribution in [0.2, 0.25) is 0 Å². The molecule has 1 atom stereocenters. The molecule has 0 spiro atoms. The lowest BCUT2D eigenvalue weighted by molar-refractivity contribution is -0.131. The lowest BCUT2D eigenvalue weighted by Crippen LogP contribution is -2.34. The molecule has 1 aromatic carbocycles. The van der Waals surface area contributed by atoms with Crippen molar-refractivity contribution in [1.82, 2.24) is 4.90 Å². The predicted molar refractivity (Wildman–Crippen MR) is 77.8 cm³/mol. The Labute approximate surface area is 120 Å². The monoisotopic (exact) mass is 277 g/mol. The number of benzene rings is 1. The van der Waals surface area contributed by atoms with Crippen LogP contribution < -0.4 is 4.74 Å². The van der Waals surface area contributed by atoms with Crippen molar-refractivity contribution in [2.24, 2.45) is 0 Å². The van der Waals surface area contributed by atoms with Gasteiger partial charge in [-0.3, -0.25) is 4.79 Å². The largest absolute Gasteiger partial charge is 0.493 e. The Bertz CT molecular complexity index is 496. The highest BCUT2D eigenvalue weighted by atomic mass is 16.5. The molecule has 1 N–H and O–H groups in total. The molecule has 0 aromatic heterocycles. The zero-order valence-corrected chi connectivity index (χ0v) is 12.5. The zero-order valence-electron chi connectivity index (χ0n) is 12.5. The van der Waals surface area contributed by atoms with Crippen molar-refractivity contribution in [1.29, 1.82) is 0 Å². The minimum absolute atomic E-state index is 0.0491. The molecule has 4 nitrogen and oxygen atoms in total. The van der Waals surface area contributed by atoms with E-state index in [0.29, 0.717) is 32.5 Å². The van der Waals surface area contributed by atoms with Crippen LogP contribution in [0.15, 0.2) is 18.2 Å². The number of hydrogen-bond donors (Lipinski definition) is 1. The van der Waals surface area contributed by atoms with Crippen molar-refractivity contribution >= 4 is 5.91 Å². The van der Waals surface area contributed by atoms with E-state index in [4.69, 9.17) is 4.74 Å². The van der Waals surface area contributed by atoms with E-state index in [-0.39, 0.29) is 5.91 Å². The summed E-state index contributed by atoms with van der Waals surface area (Å²) in [5, 5.41) is 9.86. The number of carbonyl (C=O) groups is 1. The van der Waals surface area contributed by atoms with Crippen LogP contribution in [0.3, 0.4) is 0 Å².